The van der Waals surface area contributed by atoms with Crippen LogP contribution in [0, 0.1) is 10.1 Å². The Bertz CT molecular complexity index is 687. The molecule has 21 heavy (non-hydrogen) atoms. The van der Waals surface area contributed by atoms with E-state index in [1.807, 2.05) is 0 Å². The highest BCUT2D eigenvalue weighted by Crippen LogP contribution is 2.38. The summed E-state index contributed by atoms with van der Waals surface area (Å²) < 4.78 is 62.9. The van der Waals surface area contributed by atoms with Gasteiger partial charge in [-0.2, -0.15) is 21.6 Å². The Hall–Kier alpha value is -1.81. The van der Waals surface area contributed by atoms with Crippen LogP contribution < -0.4 is 4.18 Å². The average Bonchev–Trinajstić information content (AvgIpc) is 2.30. The predicted octanol–water partition coefficient (Wildman–Crippen LogP) is 3.21. The van der Waals surface area contributed by atoms with Gasteiger partial charge in [0.1, 0.15) is 0 Å². The fraction of sp³-hybridized carbons (Fsp3) is 0.200. The van der Waals surface area contributed by atoms with Gasteiger partial charge in [-0.25, -0.2) is 0 Å². The number of nitro benzene ring substituents is 1. The van der Waals surface area contributed by atoms with Crippen molar-refractivity contribution in [2.75, 3.05) is 0 Å². The summed E-state index contributed by atoms with van der Waals surface area (Å²) in [5.41, 5.74) is -6.92. The smallest absolute Gasteiger partial charge is 0.368 e. The molecule has 0 bridgehead atoms. The Morgan fingerprint density at radius 3 is 2.43 bits per heavy atom. The third-order valence-electron chi connectivity index (χ3n) is 2.15. The van der Waals surface area contributed by atoms with Gasteiger partial charge in [-0.05, 0) is 12.5 Å². The van der Waals surface area contributed by atoms with E-state index in [2.05, 4.69) is 10.8 Å². The Balaban J connectivity index is 3.52. The van der Waals surface area contributed by atoms with E-state index >= 15 is 0 Å². The van der Waals surface area contributed by atoms with E-state index in [1.54, 1.807) is 0 Å². The largest absolute Gasteiger partial charge is 0.534 e. The zero-order valence-corrected chi connectivity index (χ0v) is 11.6. The Morgan fingerprint density at radius 1 is 1.43 bits per heavy atom. The van der Waals surface area contributed by atoms with E-state index in [4.69, 9.17) is 11.6 Å². The Labute approximate surface area is 122 Å². The van der Waals surface area contributed by atoms with E-state index in [9.17, 15) is 31.7 Å². The van der Waals surface area contributed by atoms with Crippen molar-refractivity contribution in [2.24, 2.45) is 0 Å². The second kappa shape index (κ2) is 5.90. The molecule has 0 aliphatic rings. The van der Waals surface area contributed by atoms with Gasteiger partial charge in [-0.15, -0.1) is 6.58 Å². The van der Waals surface area contributed by atoms with Crippen LogP contribution in [0.4, 0.5) is 18.9 Å². The predicted molar refractivity (Wildman–Crippen MR) is 67.6 cm³/mol. The molecule has 116 valence electrons. The topological polar surface area (TPSA) is 86.5 Å². The van der Waals surface area contributed by atoms with Crippen LogP contribution in [0.3, 0.4) is 0 Å². The van der Waals surface area contributed by atoms with Crippen molar-refractivity contribution in [3.8, 4) is 5.75 Å². The summed E-state index contributed by atoms with van der Waals surface area (Å²) in [7, 11) is -6.04. The van der Waals surface area contributed by atoms with Crippen LogP contribution in [0.2, 0.25) is 5.02 Å². The lowest BCUT2D eigenvalue weighted by Gasteiger charge is -2.12. The molecule has 1 aromatic rings. The zero-order chi connectivity index (χ0) is 16.4. The quantitative estimate of drug-likeness (QED) is 0.269. The molecule has 0 aliphatic carbocycles. The molecule has 0 aliphatic heterocycles. The molecule has 0 N–H and O–H groups in total. The second-order valence-electron chi connectivity index (χ2n) is 3.65. The lowest BCUT2D eigenvalue weighted by atomic mass is 10.1. The molecule has 0 atom stereocenters. The monoisotopic (exact) mass is 345 g/mol. The minimum Gasteiger partial charge on any atom is -0.368 e. The number of nitrogens with zero attached hydrogens (tertiary/aromatic N) is 1. The van der Waals surface area contributed by atoms with E-state index in [0.29, 0.717) is 6.07 Å². The van der Waals surface area contributed by atoms with E-state index in [1.165, 1.54) is 6.08 Å². The zero-order valence-electron chi connectivity index (χ0n) is 10.1. The number of hydrogen-bond acceptors (Lipinski definition) is 5. The SMILES string of the molecule is C=CCc1cc(Cl)cc([N+](=O)[O-])c1OS(=O)(=O)C(F)(F)F. The maximum Gasteiger partial charge on any atom is 0.534 e. The maximum atomic E-state index is 12.3. The van der Waals surface area contributed by atoms with Gasteiger partial charge in [0, 0.05) is 16.7 Å². The first-order valence-electron chi connectivity index (χ1n) is 5.08. The van der Waals surface area contributed by atoms with Crippen LogP contribution >= 0.6 is 11.6 Å². The molecule has 0 aromatic heterocycles. The number of halogens is 4. The van der Waals surface area contributed by atoms with Crippen molar-refractivity contribution in [3.05, 3.63) is 45.5 Å². The second-order valence-corrected chi connectivity index (χ2v) is 5.62. The lowest BCUT2D eigenvalue weighted by Crippen LogP contribution is -2.28. The Morgan fingerprint density at radius 2 is 2.00 bits per heavy atom. The summed E-state index contributed by atoms with van der Waals surface area (Å²) in [6.45, 7) is 3.31. The van der Waals surface area contributed by atoms with Crippen LogP contribution in [0.25, 0.3) is 0 Å². The highest BCUT2D eigenvalue weighted by Gasteiger charge is 2.49. The van der Waals surface area contributed by atoms with Gasteiger partial charge in [-0.3, -0.25) is 10.1 Å². The molecular weight excluding hydrogens is 339 g/mol. The van der Waals surface area contributed by atoms with Crippen LogP contribution in [0.1, 0.15) is 5.56 Å². The minimum atomic E-state index is -6.04. The first-order valence-corrected chi connectivity index (χ1v) is 6.86. The number of benzene rings is 1. The standard InChI is InChI=1S/C10H7ClF3NO5S/c1-2-3-6-4-7(11)5-8(15(16)17)9(6)20-21(18,19)10(12,13)14/h2,4-5H,1,3H2. The summed E-state index contributed by atoms with van der Waals surface area (Å²) >= 11 is 5.60. The molecule has 0 fully saturated rings. The number of alkyl halides is 3. The van der Waals surface area contributed by atoms with Gasteiger partial charge in [0.05, 0.1) is 4.92 Å². The van der Waals surface area contributed by atoms with Crippen LogP contribution in [-0.2, 0) is 16.5 Å². The van der Waals surface area contributed by atoms with E-state index in [0.717, 1.165) is 6.07 Å². The summed E-state index contributed by atoms with van der Waals surface area (Å²) in [5, 5.41) is 10.7. The molecule has 11 heteroatoms. The van der Waals surface area contributed by atoms with Crippen molar-refractivity contribution < 1.29 is 30.7 Å². The van der Waals surface area contributed by atoms with Crippen LogP contribution in [-0.4, -0.2) is 18.8 Å². The summed E-state index contributed by atoms with van der Waals surface area (Å²) in [4.78, 5) is 9.73. The number of allylic oxidation sites excluding steroid dienone is 1. The van der Waals surface area contributed by atoms with E-state index in [-0.39, 0.29) is 17.0 Å². The van der Waals surface area contributed by atoms with Crippen molar-refractivity contribution in [1.82, 2.24) is 0 Å². The van der Waals surface area contributed by atoms with Crippen LogP contribution in [0.15, 0.2) is 24.8 Å². The fourth-order valence-corrected chi connectivity index (χ4v) is 2.07. The van der Waals surface area contributed by atoms with Gasteiger partial charge in [0.25, 0.3) is 0 Å². The molecule has 0 saturated heterocycles. The molecule has 0 saturated carbocycles. The van der Waals surface area contributed by atoms with Crippen molar-refractivity contribution in [3.63, 3.8) is 0 Å². The first kappa shape index (κ1) is 17.2. The number of rotatable bonds is 5. The molecule has 1 rings (SSSR count). The van der Waals surface area contributed by atoms with Crippen molar-refractivity contribution >= 4 is 27.4 Å². The highest BCUT2D eigenvalue weighted by molar-refractivity contribution is 7.88. The lowest BCUT2D eigenvalue weighted by molar-refractivity contribution is -0.385. The molecule has 0 spiro atoms. The van der Waals surface area contributed by atoms with Gasteiger partial charge in [0.15, 0.2) is 0 Å². The average molecular weight is 346 g/mol. The molecule has 1 aromatic carbocycles. The summed E-state index contributed by atoms with van der Waals surface area (Å²) in [6.07, 6.45) is 1.02. The minimum absolute atomic E-state index is 0.157. The van der Waals surface area contributed by atoms with Gasteiger partial charge < -0.3 is 4.18 Å². The molecule has 0 unspecified atom stereocenters. The van der Waals surface area contributed by atoms with Gasteiger partial charge in [0.2, 0.25) is 5.75 Å². The molecule has 0 amide bonds. The maximum absolute atomic E-state index is 12.3. The fourth-order valence-electron chi connectivity index (χ4n) is 1.33. The highest BCUT2D eigenvalue weighted by atomic mass is 35.5. The molecule has 6 nitrogen and oxygen atoms in total. The Kier molecular flexibility index (Phi) is 4.84. The summed E-state index contributed by atoms with van der Waals surface area (Å²) in [5.74, 6) is -1.04. The normalized spacial score (nSPS) is 12.0. The molecular formula is C10H7ClF3NO5S. The van der Waals surface area contributed by atoms with Crippen molar-refractivity contribution in [1.29, 1.82) is 0 Å². The summed E-state index contributed by atoms with van der Waals surface area (Å²) in [6, 6.07) is 1.74. The third-order valence-corrected chi connectivity index (χ3v) is 3.32. The molecule has 0 heterocycles. The molecule has 0 radical (unpaired) electrons. The first-order chi connectivity index (χ1) is 9.49. The number of nitro groups is 1. The van der Waals surface area contributed by atoms with Gasteiger partial charge in [-0.1, -0.05) is 17.7 Å². The van der Waals surface area contributed by atoms with Gasteiger partial charge >= 0.3 is 21.3 Å². The van der Waals surface area contributed by atoms with Crippen molar-refractivity contribution in [2.45, 2.75) is 11.9 Å². The van der Waals surface area contributed by atoms with E-state index < -0.39 is 32.0 Å². The number of hydrogen-bond donors (Lipinski definition) is 0. The third kappa shape index (κ3) is 3.85. The van der Waals surface area contributed by atoms with Crippen LogP contribution in [0.5, 0.6) is 5.75 Å².